The molecule has 1 saturated carbocycles. The zero-order valence-corrected chi connectivity index (χ0v) is 12.7. The number of esters is 1. The second-order valence-corrected chi connectivity index (χ2v) is 6.21. The van der Waals surface area contributed by atoms with Crippen LogP contribution in [0, 0.1) is 0 Å². The number of rotatable bonds is 3. The van der Waals surface area contributed by atoms with E-state index in [4.69, 9.17) is 16.3 Å². The highest BCUT2D eigenvalue weighted by Gasteiger charge is 2.55. The summed E-state index contributed by atoms with van der Waals surface area (Å²) in [6, 6.07) is 7.03. The van der Waals surface area contributed by atoms with Crippen molar-refractivity contribution in [3.63, 3.8) is 0 Å². The number of carbonyl (C=O) groups is 2. The third-order valence-corrected chi connectivity index (χ3v) is 4.80. The summed E-state index contributed by atoms with van der Waals surface area (Å²) in [6.07, 6.45) is 3.20. The van der Waals surface area contributed by atoms with Crippen LogP contribution in [0.15, 0.2) is 24.3 Å². The van der Waals surface area contributed by atoms with Gasteiger partial charge in [0.1, 0.15) is 6.04 Å². The third kappa shape index (κ3) is 2.42. The lowest BCUT2D eigenvalue weighted by Gasteiger charge is -2.27. The predicted octanol–water partition coefficient (Wildman–Crippen LogP) is 2.54. The zero-order chi connectivity index (χ0) is 15.0. The summed E-state index contributed by atoms with van der Waals surface area (Å²) in [5, 5.41) is 0.663. The van der Waals surface area contributed by atoms with Gasteiger partial charge in [0.25, 0.3) is 0 Å². The first-order chi connectivity index (χ1) is 10.1. The van der Waals surface area contributed by atoms with Crippen LogP contribution in [0.1, 0.15) is 31.2 Å². The van der Waals surface area contributed by atoms with Crippen molar-refractivity contribution in [1.82, 2.24) is 4.90 Å². The van der Waals surface area contributed by atoms with E-state index in [0.29, 0.717) is 18.0 Å². The van der Waals surface area contributed by atoms with Crippen molar-refractivity contribution in [3.05, 3.63) is 34.9 Å². The van der Waals surface area contributed by atoms with Gasteiger partial charge >= 0.3 is 5.97 Å². The van der Waals surface area contributed by atoms with Crippen LogP contribution in [0.5, 0.6) is 0 Å². The molecule has 0 bridgehead atoms. The predicted molar refractivity (Wildman–Crippen MR) is 79.1 cm³/mol. The Hall–Kier alpha value is -1.55. The Balaban J connectivity index is 1.84. The Morgan fingerprint density at radius 3 is 2.52 bits per heavy atom. The van der Waals surface area contributed by atoms with Gasteiger partial charge in [-0.2, -0.15) is 0 Å². The Morgan fingerprint density at radius 1 is 1.29 bits per heavy atom. The number of hydrogen-bond acceptors (Lipinski definition) is 3. The summed E-state index contributed by atoms with van der Waals surface area (Å²) in [5.74, 6) is -0.259. The molecule has 112 valence electrons. The van der Waals surface area contributed by atoms with Crippen LogP contribution < -0.4 is 0 Å². The van der Waals surface area contributed by atoms with E-state index in [2.05, 4.69) is 0 Å². The Bertz CT molecular complexity index is 565. The fourth-order valence-electron chi connectivity index (χ4n) is 3.19. The van der Waals surface area contributed by atoms with Crippen LogP contribution in [0.25, 0.3) is 0 Å². The van der Waals surface area contributed by atoms with Crippen LogP contribution in [-0.2, 0) is 19.7 Å². The Labute approximate surface area is 129 Å². The molecule has 0 aromatic heterocycles. The number of ether oxygens (including phenoxy) is 1. The monoisotopic (exact) mass is 307 g/mol. The molecule has 0 radical (unpaired) electrons. The number of amides is 1. The zero-order valence-electron chi connectivity index (χ0n) is 12.0. The minimum absolute atomic E-state index is 0.0534. The summed E-state index contributed by atoms with van der Waals surface area (Å²) in [4.78, 5) is 26.5. The lowest BCUT2D eigenvalue weighted by molar-refractivity contribution is -0.151. The Kier molecular flexibility index (Phi) is 3.66. The minimum Gasteiger partial charge on any atom is -0.467 e. The van der Waals surface area contributed by atoms with Crippen LogP contribution in [-0.4, -0.2) is 36.5 Å². The van der Waals surface area contributed by atoms with Gasteiger partial charge in [0.05, 0.1) is 12.5 Å². The SMILES string of the molecule is COC(=O)C1CCCN1C(=O)C1(c2ccc(Cl)cc2)CC1. The maximum atomic E-state index is 12.9. The molecule has 21 heavy (non-hydrogen) atoms. The van der Waals surface area contributed by atoms with Gasteiger partial charge in [0.15, 0.2) is 0 Å². The average Bonchev–Trinajstić information content (AvgIpc) is 3.16. The van der Waals surface area contributed by atoms with Crippen molar-refractivity contribution in [1.29, 1.82) is 0 Å². The molecular weight excluding hydrogens is 290 g/mol. The van der Waals surface area contributed by atoms with E-state index in [1.54, 1.807) is 4.90 Å². The van der Waals surface area contributed by atoms with E-state index in [9.17, 15) is 9.59 Å². The highest BCUT2D eigenvalue weighted by molar-refractivity contribution is 6.30. The van der Waals surface area contributed by atoms with Crippen LogP contribution >= 0.6 is 11.6 Å². The number of carbonyl (C=O) groups excluding carboxylic acids is 2. The van der Waals surface area contributed by atoms with Gasteiger partial charge in [-0.3, -0.25) is 4.79 Å². The van der Waals surface area contributed by atoms with Gasteiger partial charge in [-0.25, -0.2) is 4.79 Å². The molecule has 1 aliphatic heterocycles. The van der Waals surface area contributed by atoms with Gasteiger partial charge in [-0.05, 0) is 43.4 Å². The molecule has 1 amide bonds. The topological polar surface area (TPSA) is 46.6 Å². The van der Waals surface area contributed by atoms with Crippen molar-refractivity contribution in [2.45, 2.75) is 37.1 Å². The smallest absolute Gasteiger partial charge is 0.328 e. The van der Waals surface area contributed by atoms with Crippen LogP contribution in [0.4, 0.5) is 0 Å². The summed E-state index contributed by atoms with van der Waals surface area (Å²) in [6.45, 7) is 0.633. The molecule has 1 heterocycles. The molecule has 1 aliphatic carbocycles. The van der Waals surface area contributed by atoms with Crippen molar-refractivity contribution >= 4 is 23.5 Å². The van der Waals surface area contributed by atoms with Gasteiger partial charge in [-0.1, -0.05) is 23.7 Å². The molecule has 3 rings (SSSR count). The second-order valence-electron chi connectivity index (χ2n) is 5.77. The standard InChI is InChI=1S/C16H18ClNO3/c1-21-14(19)13-3-2-10-18(13)15(20)16(8-9-16)11-4-6-12(17)7-5-11/h4-7,13H,2-3,8-10H2,1H3. The molecule has 1 atom stereocenters. The minimum atomic E-state index is -0.457. The van der Waals surface area contributed by atoms with E-state index in [1.165, 1.54) is 7.11 Å². The summed E-state index contributed by atoms with van der Waals surface area (Å²) >= 11 is 5.92. The van der Waals surface area contributed by atoms with E-state index < -0.39 is 11.5 Å². The van der Waals surface area contributed by atoms with Gasteiger partial charge in [0.2, 0.25) is 5.91 Å². The van der Waals surface area contributed by atoms with E-state index >= 15 is 0 Å². The molecule has 0 spiro atoms. The number of likely N-dealkylation sites (tertiary alicyclic amines) is 1. The first-order valence-corrected chi connectivity index (χ1v) is 7.61. The summed E-state index contributed by atoms with van der Waals surface area (Å²) in [7, 11) is 1.37. The molecule has 4 nitrogen and oxygen atoms in total. The van der Waals surface area contributed by atoms with Crippen molar-refractivity contribution < 1.29 is 14.3 Å². The van der Waals surface area contributed by atoms with E-state index in [-0.39, 0.29) is 11.9 Å². The van der Waals surface area contributed by atoms with E-state index in [0.717, 1.165) is 24.8 Å². The van der Waals surface area contributed by atoms with Crippen molar-refractivity contribution in [2.75, 3.05) is 13.7 Å². The number of nitrogens with zero attached hydrogens (tertiary/aromatic N) is 1. The largest absolute Gasteiger partial charge is 0.467 e. The summed E-state index contributed by atoms with van der Waals surface area (Å²) < 4.78 is 4.82. The number of benzene rings is 1. The third-order valence-electron chi connectivity index (χ3n) is 4.54. The average molecular weight is 308 g/mol. The van der Waals surface area contributed by atoms with Crippen molar-refractivity contribution in [3.8, 4) is 0 Å². The highest BCUT2D eigenvalue weighted by atomic mass is 35.5. The maximum Gasteiger partial charge on any atom is 0.328 e. The molecular formula is C16H18ClNO3. The molecule has 0 N–H and O–H groups in total. The summed E-state index contributed by atoms with van der Waals surface area (Å²) in [5.41, 5.74) is 0.536. The lowest BCUT2D eigenvalue weighted by Crippen LogP contribution is -2.46. The molecule has 2 aliphatic rings. The van der Waals surface area contributed by atoms with Crippen LogP contribution in [0.2, 0.25) is 5.02 Å². The number of methoxy groups -OCH3 is 1. The molecule has 1 unspecified atom stereocenters. The highest BCUT2D eigenvalue weighted by Crippen LogP contribution is 2.50. The normalized spacial score (nSPS) is 23.0. The van der Waals surface area contributed by atoms with Gasteiger partial charge in [-0.15, -0.1) is 0 Å². The van der Waals surface area contributed by atoms with Crippen LogP contribution in [0.3, 0.4) is 0 Å². The first-order valence-electron chi connectivity index (χ1n) is 7.23. The van der Waals surface area contributed by atoms with E-state index in [1.807, 2.05) is 24.3 Å². The van der Waals surface area contributed by atoms with Crippen molar-refractivity contribution in [2.24, 2.45) is 0 Å². The fraction of sp³-hybridized carbons (Fsp3) is 0.500. The maximum absolute atomic E-state index is 12.9. The molecule has 1 aromatic rings. The first kappa shape index (κ1) is 14.4. The quantitative estimate of drug-likeness (QED) is 0.806. The molecule has 1 saturated heterocycles. The fourth-order valence-corrected chi connectivity index (χ4v) is 3.31. The molecule has 5 heteroatoms. The lowest BCUT2D eigenvalue weighted by atomic mass is 9.94. The number of halogens is 1. The molecule has 2 fully saturated rings. The number of hydrogen-bond donors (Lipinski definition) is 0. The Morgan fingerprint density at radius 2 is 1.95 bits per heavy atom. The van der Waals surface area contributed by atoms with Gasteiger partial charge in [0, 0.05) is 11.6 Å². The second kappa shape index (κ2) is 5.34. The molecule has 1 aromatic carbocycles. The van der Waals surface area contributed by atoms with Gasteiger partial charge < -0.3 is 9.64 Å².